The first-order valence-corrected chi connectivity index (χ1v) is 6.88. The minimum atomic E-state index is -0.246. The van der Waals surface area contributed by atoms with Crippen LogP contribution in [-0.4, -0.2) is 16.1 Å². The second-order valence-corrected chi connectivity index (χ2v) is 4.99. The Bertz CT molecular complexity index is 671. The lowest BCUT2D eigenvalue weighted by atomic mass is 10.1. The standard InChI is InChI=1S/C16H16N2O2S/c1-11-5-2-3-8-14(11)15(20)18-16(21)17-13-7-4-6-12(9-13)10-19/h2-9,19H,10H2,1H3,(H2,17,18,20,21). The zero-order valence-corrected chi connectivity index (χ0v) is 12.4. The van der Waals surface area contributed by atoms with E-state index in [-0.39, 0.29) is 17.6 Å². The number of hydrogen-bond donors (Lipinski definition) is 3. The molecule has 0 unspecified atom stereocenters. The first-order valence-electron chi connectivity index (χ1n) is 6.48. The van der Waals surface area contributed by atoms with Crippen LogP contribution in [0.3, 0.4) is 0 Å². The van der Waals surface area contributed by atoms with Gasteiger partial charge in [0.1, 0.15) is 0 Å². The Morgan fingerprint density at radius 1 is 1.19 bits per heavy atom. The van der Waals surface area contributed by atoms with E-state index in [1.807, 2.05) is 31.2 Å². The van der Waals surface area contributed by atoms with Crippen LogP contribution in [0.1, 0.15) is 21.5 Å². The van der Waals surface area contributed by atoms with Crippen molar-refractivity contribution >= 4 is 28.9 Å². The van der Waals surface area contributed by atoms with Crippen molar-refractivity contribution in [2.75, 3.05) is 5.32 Å². The molecule has 1 amide bonds. The molecule has 2 rings (SSSR count). The van der Waals surface area contributed by atoms with Crippen LogP contribution >= 0.6 is 12.2 Å². The van der Waals surface area contributed by atoms with Crippen LogP contribution in [-0.2, 0) is 6.61 Å². The van der Waals surface area contributed by atoms with E-state index < -0.39 is 0 Å². The summed E-state index contributed by atoms with van der Waals surface area (Å²) in [6.45, 7) is 1.83. The Morgan fingerprint density at radius 2 is 1.95 bits per heavy atom. The summed E-state index contributed by atoms with van der Waals surface area (Å²) < 4.78 is 0. The zero-order chi connectivity index (χ0) is 15.2. The summed E-state index contributed by atoms with van der Waals surface area (Å²) in [7, 11) is 0. The SMILES string of the molecule is Cc1ccccc1C(=O)NC(=S)Nc1cccc(CO)c1. The predicted octanol–water partition coefficient (Wildman–Crippen LogP) is 2.61. The van der Waals surface area contributed by atoms with Gasteiger partial charge in [0.25, 0.3) is 5.91 Å². The highest BCUT2D eigenvalue weighted by Gasteiger charge is 2.10. The fourth-order valence-corrected chi connectivity index (χ4v) is 2.12. The topological polar surface area (TPSA) is 61.4 Å². The minimum absolute atomic E-state index is 0.0438. The molecule has 4 nitrogen and oxygen atoms in total. The number of nitrogens with one attached hydrogen (secondary N) is 2. The van der Waals surface area contributed by atoms with Crippen LogP contribution in [0.2, 0.25) is 0 Å². The van der Waals surface area contributed by atoms with Gasteiger partial charge in [-0.3, -0.25) is 10.1 Å². The lowest BCUT2D eigenvalue weighted by molar-refractivity contribution is 0.0977. The summed E-state index contributed by atoms with van der Waals surface area (Å²) in [5.74, 6) is -0.246. The highest BCUT2D eigenvalue weighted by atomic mass is 32.1. The molecule has 0 atom stereocenters. The number of carbonyl (C=O) groups is 1. The molecule has 0 saturated heterocycles. The normalized spacial score (nSPS) is 10.0. The molecule has 3 N–H and O–H groups in total. The van der Waals surface area contributed by atoms with Crippen molar-refractivity contribution in [2.45, 2.75) is 13.5 Å². The molecule has 0 aromatic heterocycles. The van der Waals surface area contributed by atoms with E-state index in [4.69, 9.17) is 17.3 Å². The van der Waals surface area contributed by atoms with Gasteiger partial charge in [-0.1, -0.05) is 30.3 Å². The van der Waals surface area contributed by atoms with Gasteiger partial charge in [0.05, 0.1) is 6.61 Å². The third-order valence-corrected chi connectivity index (χ3v) is 3.19. The summed E-state index contributed by atoms with van der Waals surface area (Å²) in [5.41, 5.74) is 2.97. The molecule has 2 aromatic rings. The van der Waals surface area contributed by atoms with E-state index in [1.54, 1.807) is 24.3 Å². The van der Waals surface area contributed by atoms with Crippen molar-refractivity contribution in [1.29, 1.82) is 0 Å². The van der Waals surface area contributed by atoms with Gasteiger partial charge in [-0.05, 0) is 48.5 Å². The van der Waals surface area contributed by atoms with Crippen molar-refractivity contribution in [2.24, 2.45) is 0 Å². The first-order chi connectivity index (χ1) is 10.1. The molecule has 0 aliphatic rings. The molecule has 0 bridgehead atoms. The van der Waals surface area contributed by atoms with Crippen LogP contribution in [0.4, 0.5) is 5.69 Å². The highest BCUT2D eigenvalue weighted by molar-refractivity contribution is 7.80. The van der Waals surface area contributed by atoms with Crippen molar-refractivity contribution in [3.63, 3.8) is 0 Å². The van der Waals surface area contributed by atoms with E-state index in [9.17, 15) is 4.79 Å². The van der Waals surface area contributed by atoms with Gasteiger partial charge in [-0.2, -0.15) is 0 Å². The molecular weight excluding hydrogens is 284 g/mol. The number of amides is 1. The third kappa shape index (κ3) is 4.11. The van der Waals surface area contributed by atoms with Crippen LogP contribution in [0.5, 0.6) is 0 Å². The number of benzene rings is 2. The molecule has 0 aliphatic heterocycles. The van der Waals surface area contributed by atoms with Crippen LogP contribution < -0.4 is 10.6 Å². The Balaban J connectivity index is 2.01. The minimum Gasteiger partial charge on any atom is -0.392 e. The van der Waals surface area contributed by atoms with E-state index in [0.29, 0.717) is 5.56 Å². The maximum absolute atomic E-state index is 12.1. The maximum Gasteiger partial charge on any atom is 0.257 e. The summed E-state index contributed by atoms with van der Waals surface area (Å²) in [6.07, 6.45) is 0. The second-order valence-electron chi connectivity index (χ2n) is 4.58. The number of thiocarbonyl (C=S) groups is 1. The van der Waals surface area contributed by atoms with Gasteiger partial charge in [-0.25, -0.2) is 0 Å². The molecule has 0 spiro atoms. The molecule has 0 heterocycles. The lowest BCUT2D eigenvalue weighted by Gasteiger charge is -2.11. The number of carbonyl (C=O) groups excluding carboxylic acids is 1. The molecule has 0 radical (unpaired) electrons. The summed E-state index contributed by atoms with van der Waals surface area (Å²) in [4.78, 5) is 12.1. The molecular formula is C16H16N2O2S. The average Bonchev–Trinajstić information content (AvgIpc) is 2.47. The Hall–Kier alpha value is -2.24. The number of rotatable bonds is 3. The highest BCUT2D eigenvalue weighted by Crippen LogP contribution is 2.11. The molecule has 5 heteroatoms. The molecule has 0 aliphatic carbocycles. The van der Waals surface area contributed by atoms with Gasteiger partial charge < -0.3 is 10.4 Å². The molecule has 21 heavy (non-hydrogen) atoms. The van der Waals surface area contributed by atoms with Crippen LogP contribution in [0.15, 0.2) is 48.5 Å². The number of aliphatic hydroxyl groups excluding tert-OH is 1. The summed E-state index contributed by atoms with van der Waals surface area (Å²) in [6, 6.07) is 14.5. The Labute approximate surface area is 128 Å². The maximum atomic E-state index is 12.1. The van der Waals surface area contributed by atoms with Gasteiger partial charge >= 0.3 is 0 Å². The largest absolute Gasteiger partial charge is 0.392 e. The fraction of sp³-hybridized carbons (Fsp3) is 0.125. The lowest BCUT2D eigenvalue weighted by Crippen LogP contribution is -2.34. The van der Waals surface area contributed by atoms with Crippen LogP contribution in [0.25, 0.3) is 0 Å². The average molecular weight is 300 g/mol. The molecule has 0 fully saturated rings. The first kappa shape index (κ1) is 15.2. The van der Waals surface area contributed by atoms with Gasteiger partial charge in [0.2, 0.25) is 0 Å². The smallest absolute Gasteiger partial charge is 0.257 e. The predicted molar refractivity (Wildman–Crippen MR) is 87.2 cm³/mol. The van der Waals surface area contributed by atoms with E-state index in [2.05, 4.69) is 10.6 Å². The van der Waals surface area contributed by atoms with Gasteiger partial charge in [0.15, 0.2) is 5.11 Å². The van der Waals surface area contributed by atoms with Crippen molar-refractivity contribution in [3.8, 4) is 0 Å². The van der Waals surface area contributed by atoms with Crippen molar-refractivity contribution in [3.05, 3.63) is 65.2 Å². The Kier molecular flexibility index (Phi) is 5.03. The Morgan fingerprint density at radius 3 is 2.67 bits per heavy atom. The van der Waals surface area contributed by atoms with E-state index in [1.165, 1.54) is 0 Å². The van der Waals surface area contributed by atoms with E-state index in [0.717, 1.165) is 16.8 Å². The number of aliphatic hydroxyl groups is 1. The van der Waals surface area contributed by atoms with Crippen LogP contribution in [0, 0.1) is 6.92 Å². The molecule has 108 valence electrons. The monoisotopic (exact) mass is 300 g/mol. The fourth-order valence-electron chi connectivity index (χ4n) is 1.91. The number of hydrogen-bond acceptors (Lipinski definition) is 3. The molecule has 2 aromatic carbocycles. The van der Waals surface area contributed by atoms with Gasteiger partial charge in [-0.15, -0.1) is 0 Å². The number of aryl methyl sites for hydroxylation is 1. The van der Waals surface area contributed by atoms with Crippen molar-refractivity contribution in [1.82, 2.24) is 5.32 Å². The van der Waals surface area contributed by atoms with Gasteiger partial charge in [0, 0.05) is 11.3 Å². The third-order valence-electron chi connectivity index (χ3n) is 2.98. The summed E-state index contributed by atoms with van der Waals surface area (Å²) >= 11 is 5.13. The zero-order valence-electron chi connectivity index (χ0n) is 11.6. The van der Waals surface area contributed by atoms with Crippen molar-refractivity contribution < 1.29 is 9.90 Å². The van der Waals surface area contributed by atoms with E-state index >= 15 is 0 Å². The molecule has 0 saturated carbocycles. The second kappa shape index (κ2) is 6.97. The number of anilines is 1. The quantitative estimate of drug-likeness (QED) is 0.763. The summed E-state index contributed by atoms with van der Waals surface area (Å²) in [5, 5.41) is 14.9.